The predicted octanol–water partition coefficient (Wildman–Crippen LogP) is 2.59. The number of piperazine rings is 1. The number of likely N-dealkylation sites (N-methyl/N-ethyl adjacent to an activating group) is 1. The molecule has 3 rings (SSSR count). The van der Waals surface area contributed by atoms with Crippen molar-refractivity contribution in [1.82, 2.24) is 9.88 Å². The molecule has 0 spiro atoms. The van der Waals surface area contributed by atoms with Crippen molar-refractivity contribution in [2.75, 3.05) is 44.2 Å². The van der Waals surface area contributed by atoms with E-state index in [-0.39, 0.29) is 0 Å². The number of nitrogens with zero attached hydrogens (tertiary/aromatic N) is 3. The zero-order valence-electron chi connectivity index (χ0n) is 13.8. The second-order valence-electron chi connectivity index (χ2n) is 5.73. The fourth-order valence-electron chi connectivity index (χ4n) is 3.03. The van der Waals surface area contributed by atoms with Gasteiger partial charge in [0.2, 0.25) is 0 Å². The summed E-state index contributed by atoms with van der Waals surface area (Å²) in [6.07, 6.45) is 0.904. The van der Waals surface area contributed by atoms with E-state index >= 15 is 0 Å². The molecule has 0 radical (unpaired) electrons. The van der Waals surface area contributed by atoms with Crippen LogP contribution in [0.4, 0.5) is 5.82 Å². The van der Waals surface area contributed by atoms with E-state index in [2.05, 4.69) is 16.7 Å². The van der Waals surface area contributed by atoms with Crippen molar-refractivity contribution in [3.63, 3.8) is 0 Å². The number of carbonyl (C=O) groups excluding carboxylic acids is 1. The summed E-state index contributed by atoms with van der Waals surface area (Å²) in [6.45, 7) is 9.66. The monoisotopic (exact) mass is 313 g/mol. The maximum absolute atomic E-state index is 11.5. The molecule has 1 aliphatic rings. The van der Waals surface area contributed by atoms with Crippen LogP contribution in [0.3, 0.4) is 0 Å². The average Bonchev–Trinajstić information content (AvgIpc) is 2.61. The van der Waals surface area contributed by atoms with Crippen LogP contribution in [0.1, 0.15) is 24.2 Å². The third-order valence-electron chi connectivity index (χ3n) is 4.35. The number of aromatic nitrogens is 1. The lowest BCUT2D eigenvalue weighted by Crippen LogP contribution is -2.46. The molecule has 0 bridgehead atoms. The largest absolute Gasteiger partial charge is 0.494 e. The van der Waals surface area contributed by atoms with Gasteiger partial charge in [-0.25, -0.2) is 4.98 Å². The van der Waals surface area contributed by atoms with E-state index < -0.39 is 0 Å². The van der Waals surface area contributed by atoms with Crippen molar-refractivity contribution in [2.45, 2.75) is 13.8 Å². The Balaban J connectivity index is 1.94. The van der Waals surface area contributed by atoms with Crippen LogP contribution in [0, 0.1) is 0 Å². The lowest BCUT2D eigenvalue weighted by atomic mass is 10.1. The minimum atomic E-state index is 0.624. The maximum atomic E-state index is 11.5. The standard InChI is InChI=1S/C18H23N3O2/c1-3-20-7-9-21(10-8-20)18-15(13-22)11-14-12-16(23-4-2)5-6-17(14)19-18/h5-6,11-13H,3-4,7-10H2,1-2H3. The first-order chi connectivity index (χ1) is 11.2. The number of pyridine rings is 1. The van der Waals surface area contributed by atoms with Gasteiger partial charge in [0, 0.05) is 31.6 Å². The normalized spacial score (nSPS) is 15.8. The van der Waals surface area contributed by atoms with Crippen LogP contribution >= 0.6 is 0 Å². The molecular weight excluding hydrogens is 290 g/mol. The minimum Gasteiger partial charge on any atom is -0.494 e. The number of ether oxygens (including phenoxy) is 1. The zero-order valence-corrected chi connectivity index (χ0v) is 13.8. The van der Waals surface area contributed by atoms with Crippen LogP contribution in [0.2, 0.25) is 0 Å². The van der Waals surface area contributed by atoms with Crippen LogP contribution in [0.5, 0.6) is 5.75 Å². The number of fused-ring (bicyclic) bond motifs is 1. The highest BCUT2D eigenvalue weighted by molar-refractivity contribution is 5.92. The number of hydrogen-bond acceptors (Lipinski definition) is 5. The van der Waals surface area contributed by atoms with Gasteiger partial charge in [-0.05, 0) is 37.7 Å². The van der Waals surface area contributed by atoms with Crippen molar-refractivity contribution in [3.05, 3.63) is 29.8 Å². The molecule has 2 aromatic rings. The molecule has 5 heteroatoms. The van der Waals surface area contributed by atoms with E-state index in [1.165, 1.54) is 0 Å². The second kappa shape index (κ2) is 6.96. The second-order valence-corrected chi connectivity index (χ2v) is 5.73. The lowest BCUT2D eigenvalue weighted by Gasteiger charge is -2.35. The molecule has 1 aliphatic heterocycles. The molecule has 0 aliphatic carbocycles. The van der Waals surface area contributed by atoms with Crippen LogP contribution in [-0.2, 0) is 0 Å². The van der Waals surface area contributed by atoms with Gasteiger partial charge in [-0.3, -0.25) is 4.79 Å². The highest BCUT2D eigenvalue weighted by atomic mass is 16.5. The van der Waals surface area contributed by atoms with E-state index in [9.17, 15) is 4.79 Å². The maximum Gasteiger partial charge on any atom is 0.153 e. The Labute approximate surface area is 136 Å². The fourth-order valence-corrected chi connectivity index (χ4v) is 3.03. The van der Waals surface area contributed by atoms with Gasteiger partial charge in [-0.2, -0.15) is 0 Å². The van der Waals surface area contributed by atoms with Crippen molar-refractivity contribution in [2.24, 2.45) is 0 Å². The van der Waals surface area contributed by atoms with E-state index in [1.54, 1.807) is 0 Å². The SMILES string of the molecule is CCOc1ccc2nc(N3CCN(CC)CC3)c(C=O)cc2c1. The van der Waals surface area contributed by atoms with Gasteiger partial charge in [0.15, 0.2) is 6.29 Å². The molecule has 0 N–H and O–H groups in total. The summed E-state index contributed by atoms with van der Waals surface area (Å²) in [6, 6.07) is 7.75. The number of hydrogen-bond donors (Lipinski definition) is 0. The first-order valence-corrected chi connectivity index (χ1v) is 8.25. The Morgan fingerprint density at radius 1 is 1.17 bits per heavy atom. The highest BCUT2D eigenvalue weighted by Crippen LogP contribution is 2.26. The van der Waals surface area contributed by atoms with Crippen LogP contribution in [-0.4, -0.2) is 55.5 Å². The number of rotatable bonds is 5. The molecule has 0 unspecified atom stereocenters. The van der Waals surface area contributed by atoms with E-state index in [0.717, 1.165) is 61.5 Å². The molecule has 0 saturated carbocycles. The summed E-state index contributed by atoms with van der Waals surface area (Å²) < 4.78 is 5.53. The highest BCUT2D eigenvalue weighted by Gasteiger charge is 2.20. The molecule has 122 valence electrons. The van der Waals surface area contributed by atoms with Crippen molar-refractivity contribution < 1.29 is 9.53 Å². The summed E-state index contributed by atoms with van der Waals surface area (Å²) >= 11 is 0. The average molecular weight is 313 g/mol. The van der Waals surface area contributed by atoms with Gasteiger partial charge in [0.25, 0.3) is 0 Å². The number of carbonyl (C=O) groups is 1. The Bertz CT molecular complexity index is 694. The van der Waals surface area contributed by atoms with Crippen molar-refractivity contribution >= 4 is 23.0 Å². The molecule has 1 saturated heterocycles. The zero-order chi connectivity index (χ0) is 16.2. The number of aldehydes is 1. The van der Waals surface area contributed by atoms with Crippen LogP contribution in [0.25, 0.3) is 10.9 Å². The van der Waals surface area contributed by atoms with Gasteiger partial charge in [-0.15, -0.1) is 0 Å². The quantitative estimate of drug-likeness (QED) is 0.794. The first kappa shape index (κ1) is 15.7. The van der Waals surface area contributed by atoms with E-state index in [0.29, 0.717) is 12.2 Å². The molecule has 0 atom stereocenters. The van der Waals surface area contributed by atoms with Crippen LogP contribution < -0.4 is 9.64 Å². The molecule has 2 heterocycles. The smallest absolute Gasteiger partial charge is 0.153 e. The molecule has 1 aromatic carbocycles. The summed E-state index contributed by atoms with van der Waals surface area (Å²) in [5, 5.41) is 0.939. The Morgan fingerprint density at radius 2 is 1.96 bits per heavy atom. The van der Waals surface area contributed by atoms with Gasteiger partial charge in [0.05, 0.1) is 17.7 Å². The predicted molar refractivity (Wildman–Crippen MR) is 92.6 cm³/mol. The number of anilines is 1. The molecule has 0 amide bonds. The number of benzene rings is 1. The third kappa shape index (κ3) is 3.29. The van der Waals surface area contributed by atoms with E-state index in [1.807, 2.05) is 31.2 Å². The van der Waals surface area contributed by atoms with Gasteiger partial charge >= 0.3 is 0 Å². The minimum absolute atomic E-state index is 0.624. The topological polar surface area (TPSA) is 45.7 Å². The molecule has 1 fully saturated rings. The van der Waals surface area contributed by atoms with E-state index in [4.69, 9.17) is 9.72 Å². The summed E-state index contributed by atoms with van der Waals surface area (Å²) in [5.74, 6) is 1.61. The summed E-state index contributed by atoms with van der Waals surface area (Å²) in [4.78, 5) is 20.9. The van der Waals surface area contributed by atoms with Gasteiger partial charge in [0.1, 0.15) is 11.6 Å². The van der Waals surface area contributed by atoms with Gasteiger partial charge < -0.3 is 14.5 Å². The third-order valence-corrected chi connectivity index (χ3v) is 4.35. The summed E-state index contributed by atoms with van der Waals surface area (Å²) in [7, 11) is 0. The molecule has 23 heavy (non-hydrogen) atoms. The van der Waals surface area contributed by atoms with Gasteiger partial charge in [-0.1, -0.05) is 6.92 Å². The Hall–Kier alpha value is -2.14. The van der Waals surface area contributed by atoms with Crippen molar-refractivity contribution in [1.29, 1.82) is 0 Å². The first-order valence-electron chi connectivity index (χ1n) is 8.25. The van der Waals surface area contributed by atoms with Crippen LogP contribution in [0.15, 0.2) is 24.3 Å². The fraction of sp³-hybridized carbons (Fsp3) is 0.444. The van der Waals surface area contributed by atoms with Crippen molar-refractivity contribution in [3.8, 4) is 5.75 Å². The molecular formula is C18H23N3O2. The lowest BCUT2D eigenvalue weighted by molar-refractivity contribution is 0.112. The Kier molecular flexibility index (Phi) is 4.76. The summed E-state index contributed by atoms with van der Waals surface area (Å²) in [5.41, 5.74) is 1.54. The molecule has 5 nitrogen and oxygen atoms in total. The molecule has 1 aromatic heterocycles. The Morgan fingerprint density at radius 3 is 2.61 bits per heavy atom.